The fraction of sp³-hybridized carbons (Fsp3) is 0.643. The topological polar surface area (TPSA) is 49.6 Å². The minimum atomic E-state index is 0.813. The molecule has 6 heteroatoms. The van der Waals surface area contributed by atoms with E-state index in [1.807, 2.05) is 6.07 Å². The van der Waals surface area contributed by atoms with Crippen LogP contribution in [0.5, 0.6) is 0 Å². The van der Waals surface area contributed by atoms with Gasteiger partial charge in [-0.15, -0.1) is 15.3 Å². The highest BCUT2D eigenvalue weighted by Gasteiger charge is 2.44. The summed E-state index contributed by atoms with van der Waals surface area (Å²) in [6.07, 6.45) is 4.52. The van der Waals surface area contributed by atoms with Gasteiger partial charge in [0.1, 0.15) is 12.1 Å². The van der Waals surface area contributed by atoms with Gasteiger partial charge in [0.2, 0.25) is 0 Å². The molecule has 0 radical (unpaired) electrons. The molecule has 0 bridgehead atoms. The van der Waals surface area contributed by atoms with Crippen LogP contribution in [0, 0.1) is 11.8 Å². The van der Waals surface area contributed by atoms with Crippen molar-refractivity contribution in [1.82, 2.24) is 24.7 Å². The van der Waals surface area contributed by atoms with Crippen molar-refractivity contribution in [2.24, 2.45) is 11.8 Å². The van der Waals surface area contributed by atoms with Crippen LogP contribution < -0.4 is 4.90 Å². The molecule has 2 aliphatic heterocycles. The quantitative estimate of drug-likeness (QED) is 0.802. The third kappa shape index (κ3) is 1.64. The molecule has 0 amide bonds. The Kier molecular flexibility index (Phi) is 2.16. The molecule has 2 aromatic heterocycles. The summed E-state index contributed by atoms with van der Waals surface area (Å²) in [7, 11) is 0. The van der Waals surface area contributed by atoms with Crippen LogP contribution in [0.4, 0.5) is 5.82 Å². The van der Waals surface area contributed by atoms with E-state index in [0.717, 1.165) is 42.4 Å². The van der Waals surface area contributed by atoms with E-state index in [1.54, 1.807) is 10.8 Å². The van der Waals surface area contributed by atoms with Crippen LogP contribution in [0.2, 0.25) is 0 Å². The fourth-order valence-corrected chi connectivity index (χ4v) is 3.84. The van der Waals surface area contributed by atoms with Gasteiger partial charge < -0.3 is 4.90 Å². The van der Waals surface area contributed by atoms with Gasteiger partial charge in [0, 0.05) is 32.2 Å². The number of anilines is 1. The lowest BCUT2D eigenvalue weighted by atomic mass is 10.0. The predicted molar refractivity (Wildman–Crippen MR) is 74.6 cm³/mol. The zero-order valence-electron chi connectivity index (χ0n) is 11.4. The summed E-state index contributed by atoms with van der Waals surface area (Å²) in [5, 5.41) is 12.5. The minimum Gasteiger partial charge on any atom is -0.355 e. The van der Waals surface area contributed by atoms with E-state index in [4.69, 9.17) is 0 Å². The molecule has 1 saturated carbocycles. The summed E-state index contributed by atoms with van der Waals surface area (Å²) < 4.78 is 1.76. The summed E-state index contributed by atoms with van der Waals surface area (Å²) in [5.74, 6) is 2.72. The number of aromatic nitrogens is 4. The summed E-state index contributed by atoms with van der Waals surface area (Å²) in [5.41, 5.74) is 0.813. The maximum Gasteiger partial charge on any atom is 0.177 e. The lowest BCUT2D eigenvalue weighted by Crippen LogP contribution is -2.30. The number of fused-ring (bicyclic) bond motifs is 2. The molecule has 20 heavy (non-hydrogen) atoms. The Morgan fingerprint density at radius 3 is 2.55 bits per heavy atom. The van der Waals surface area contributed by atoms with E-state index >= 15 is 0 Å². The van der Waals surface area contributed by atoms with Crippen LogP contribution in [-0.2, 0) is 0 Å². The van der Waals surface area contributed by atoms with Gasteiger partial charge in [0.05, 0.1) is 0 Å². The van der Waals surface area contributed by atoms with Crippen LogP contribution in [0.25, 0.3) is 5.65 Å². The first-order chi connectivity index (χ1) is 9.87. The van der Waals surface area contributed by atoms with Gasteiger partial charge in [0.25, 0.3) is 0 Å². The van der Waals surface area contributed by atoms with Crippen molar-refractivity contribution in [3.05, 3.63) is 18.5 Å². The molecule has 5 rings (SSSR count). The van der Waals surface area contributed by atoms with Gasteiger partial charge in [-0.25, -0.2) is 0 Å². The SMILES string of the molecule is c1cc2nncn2nc1N1CC2CN(C3CC3)CC2C1. The van der Waals surface area contributed by atoms with Crippen molar-refractivity contribution >= 4 is 11.5 Å². The molecule has 4 heterocycles. The molecule has 0 N–H and O–H groups in total. The molecule has 3 fully saturated rings. The first-order valence-electron chi connectivity index (χ1n) is 7.53. The van der Waals surface area contributed by atoms with E-state index < -0.39 is 0 Å². The number of rotatable bonds is 2. The van der Waals surface area contributed by atoms with Crippen LogP contribution in [0.3, 0.4) is 0 Å². The smallest absolute Gasteiger partial charge is 0.177 e. The second kappa shape index (κ2) is 3.91. The summed E-state index contributed by atoms with van der Waals surface area (Å²) in [6, 6.07) is 4.99. The Morgan fingerprint density at radius 1 is 1.00 bits per heavy atom. The molecule has 6 nitrogen and oxygen atoms in total. The Hall–Kier alpha value is -1.69. The monoisotopic (exact) mass is 270 g/mol. The van der Waals surface area contributed by atoms with Crippen molar-refractivity contribution < 1.29 is 0 Å². The summed E-state index contributed by atoms with van der Waals surface area (Å²) >= 11 is 0. The molecule has 2 unspecified atom stereocenters. The lowest BCUT2D eigenvalue weighted by molar-refractivity contribution is 0.306. The molecular weight excluding hydrogens is 252 g/mol. The normalized spacial score (nSPS) is 30.3. The number of hydrogen-bond donors (Lipinski definition) is 0. The Morgan fingerprint density at radius 2 is 1.80 bits per heavy atom. The summed E-state index contributed by atoms with van der Waals surface area (Å²) in [6.45, 7) is 4.88. The fourth-order valence-electron chi connectivity index (χ4n) is 3.84. The second-order valence-electron chi connectivity index (χ2n) is 6.44. The highest BCUT2D eigenvalue weighted by atomic mass is 15.4. The van der Waals surface area contributed by atoms with E-state index in [1.165, 1.54) is 25.9 Å². The Bertz CT molecular complexity index is 634. The van der Waals surface area contributed by atoms with Gasteiger partial charge >= 0.3 is 0 Å². The van der Waals surface area contributed by atoms with Crippen LogP contribution in [0.1, 0.15) is 12.8 Å². The number of likely N-dealkylation sites (tertiary alicyclic amines) is 1. The molecule has 2 saturated heterocycles. The number of hydrogen-bond acceptors (Lipinski definition) is 5. The highest BCUT2D eigenvalue weighted by Crippen LogP contribution is 2.38. The van der Waals surface area contributed by atoms with Crippen molar-refractivity contribution in [1.29, 1.82) is 0 Å². The average Bonchev–Trinajstić information content (AvgIpc) is 2.91. The molecule has 104 valence electrons. The largest absolute Gasteiger partial charge is 0.355 e. The van der Waals surface area contributed by atoms with E-state index in [0.29, 0.717) is 0 Å². The first-order valence-corrected chi connectivity index (χ1v) is 7.53. The third-order valence-corrected chi connectivity index (χ3v) is 5.05. The lowest BCUT2D eigenvalue weighted by Gasteiger charge is -2.21. The molecule has 1 aliphatic carbocycles. The van der Waals surface area contributed by atoms with Gasteiger partial charge in [-0.05, 0) is 36.8 Å². The van der Waals surface area contributed by atoms with Gasteiger partial charge in [-0.3, -0.25) is 4.90 Å². The molecule has 3 aliphatic rings. The maximum atomic E-state index is 4.61. The summed E-state index contributed by atoms with van der Waals surface area (Å²) in [4.78, 5) is 5.14. The first kappa shape index (κ1) is 11.0. The second-order valence-corrected chi connectivity index (χ2v) is 6.44. The van der Waals surface area contributed by atoms with Gasteiger partial charge in [-0.1, -0.05) is 0 Å². The van der Waals surface area contributed by atoms with Crippen LogP contribution in [0.15, 0.2) is 18.5 Å². The van der Waals surface area contributed by atoms with Crippen molar-refractivity contribution in [2.75, 3.05) is 31.1 Å². The number of nitrogens with zero attached hydrogens (tertiary/aromatic N) is 6. The van der Waals surface area contributed by atoms with Gasteiger partial charge in [0.15, 0.2) is 5.65 Å². The van der Waals surface area contributed by atoms with E-state index in [-0.39, 0.29) is 0 Å². The van der Waals surface area contributed by atoms with Crippen LogP contribution >= 0.6 is 0 Å². The molecule has 0 aromatic carbocycles. The zero-order chi connectivity index (χ0) is 13.1. The van der Waals surface area contributed by atoms with Crippen molar-refractivity contribution in [3.8, 4) is 0 Å². The molecular formula is C14H18N6. The average molecular weight is 270 g/mol. The van der Waals surface area contributed by atoms with E-state index in [9.17, 15) is 0 Å². The third-order valence-electron chi connectivity index (χ3n) is 5.05. The molecule has 2 atom stereocenters. The molecule has 0 spiro atoms. The Labute approximate surface area is 117 Å². The predicted octanol–water partition coefficient (Wildman–Crippen LogP) is 0.655. The molecule has 2 aromatic rings. The standard InChI is InChI=1S/C14H18N6/c1-2-12(1)18-5-10-7-19(8-11(10)6-18)14-4-3-13-16-15-9-20(13)17-14/h3-4,9-12H,1-2,5-8H2. The minimum absolute atomic E-state index is 0.813. The van der Waals surface area contributed by atoms with Crippen molar-refractivity contribution in [2.45, 2.75) is 18.9 Å². The maximum absolute atomic E-state index is 4.61. The Balaban J connectivity index is 1.36. The zero-order valence-corrected chi connectivity index (χ0v) is 11.4. The van der Waals surface area contributed by atoms with Crippen molar-refractivity contribution in [3.63, 3.8) is 0 Å². The highest BCUT2D eigenvalue weighted by molar-refractivity contribution is 5.46. The van der Waals surface area contributed by atoms with Crippen LogP contribution in [-0.4, -0.2) is 56.9 Å². The van der Waals surface area contributed by atoms with Gasteiger partial charge in [-0.2, -0.15) is 4.52 Å². The van der Waals surface area contributed by atoms with E-state index in [2.05, 4.69) is 31.2 Å².